The summed E-state index contributed by atoms with van der Waals surface area (Å²) >= 11 is 1.44. The number of amides is 4. The van der Waals surface area contributed by atoms with Crippen LogP contribution in [-0.4, -0.2) is 103 Å². The third-order valence-electron chi connectivity index (χ3n) is 9.24. The van der Waals surface area contributed by atoms with Gasteiger partial charge in [0.05, 0.1) is 23.6 Å². The van der Waals surface area contributed by atoms with Crippen LogP contribution in [0.1, 0.15) is 75.2 Å². The number of carbonyl (C=O) groups excluding carboxylic acids is 3. The summed E-state index contributed by atoms with van der Waals surface area (Å²) in [6, 6.07) is 9.07. The van der Waals surface area contributed by atoms with Crippen molar-refractivity contribution in [3.8, 4) is 0 Å². The molecule has 4 rings (SSSR count). The molecule has 5 atom stereocenters. The van der Waals surface area contributed by atoms with Crippen LogP contribution in [-0.2, 0) is 27.3 Å². The fourth-order valence-corrected chi connectivity index (χ4v) is 7.31. The standard InChI is InChI=1S/C35H55N6O5PS/c1-26(47)21-28(13-14-29(22-27-9-5-3-6-10-27)38-35(44)46-24-31-23-36-25-48-31)37-33(42)32(15-16-41-17-19-45-20-18-41)39-34(43)40(2)30-11-7-4-8-12-30/h3,5-6,9-10,23,25-26,28-30,32H,4,7-8,11-22,24,47H2,1-2H3,(H,37,42)(H,38,44)(H,39,43). The lowest BCUT2D eigenvalue weighted by molar-refractivity contribution is -0.124. The second kappa shape index (κ2) is 20.7. The average Bonchev–Trinajstić information content (AvgIpc) is 3.62. The number of alkyl carbamates (subject to hydrolysis) is 1. The molecular weight excluding hydrogens is 647 g/mol. The number of hydrogen-bond donors (Lipinski definition) is 3. The van der Waals surface area contributed by atoms with E-state index in [0.29, 0.717) is 45.4 Å². The molecule has 1 aromatic heterocycles. The molecule has 1 aromatic carbocycles. The first-order valence-corrected chi connectivity index (χ1v) is 19.1. The first-order valence-electron chi connectivity index (χ1n) is 17.5. The highest BCUT2D eigenvalue weighted by molar-refractivity contribution is 7.17. The monoisotopic (exact) mass is 702 g/mol. The lowest BCUT2D eigenvalue weighted by Crippen LogP contribution is -2.55. The molecule has 1 aliphatic heterocycles. The lowest BCUT2D eigenvalue weighted by atomic mass is 9.95. The normalized spacial score (nSPS) is 18.2. The van der Waals surface area contributed by atoms with Gasteiger partial charge < -0.3 is 30.3 Å². The van der Waals surface area contributed by atoms with Crippen molar-refractivity contribution in [2.24, 2.45) is 0 Å². The molecule has 3 N–H and O–H groups in total. The number of carbonyl (C=O) groups is 3. The summed E-state index contributed by atoms with van der Waals surface area (Å²) in [5.41, 5.74) is 3.08. The van der Waals surface area contributed by atoms with E-state index in [2.05, 4.69) is 42.0 Å². The fourth-order valence-electron chi connectivity index (χ4n) is 6.47. The Labute approximate surface area is 292 Å². The van der Waals surface area contributed by atoms with Crippen LogP contribution in [0.25, 0.3) is 0 Å². The molecule has 2 aliphatic rings. The van der Waals surface area contributed by atoms with Crippen LogP contribution in [0.5, 0.6) is 0 Å². The van der Waals surface area contributed by atoms with Crippen molar-refractivity contribution in [2.45, 2.75) is 108 Å². The van der Waals surface area contributed by atoms with E-state index < -0.39 is 12.1 Å². The second-order valence-corrected chi connectivity index (χ2v) is 15.3. The van der Waals surface area contributed by atoms with Gasteiger partial charge in [-0.15, -0.1) is 20.6 Å². The molecule has 13 heteroatoms. The molecule has 4 amide bonds. The third kappa shape index (κ3) is 13.6. The van der Waals surface area contributed by atoms with Gasteiger partial charge in [0, 0.05) is 51.0 Å². The maximum atomic E-state index is 14.0. The topological polar surface area (TPSA) is 125 Å². The highest BCUT2D eigenvalue weighted by Gasteiger charge is 2.29. The largest absolute Gasteiger partial charge is 0.444 e. The summed E-state index contributed by atoms with van der Waals surface area (Å²) in [5.74, 6) is -0.166. The van der Waals surface area contributed by atoms with Crippen molar-refractivity contribution in [1.29, 1.82) is 0 Å². The van der Waals surface area contributed by atoms with Gasteiger partial charge in [-0.2, -0.15) is 0 Å². The highest BCUT2D eigenvalue weighted by Crippen LogP contribution is 2.22. The molecule has 0 bridgehead atoms. The van der Waals surface area contributed by atoms with Crippen molar-refractivity contribution in [3.63, 3.8) is 0 Å². The number of nitrogens with zero attached hydrogens (tertiary/aromatic N) is 3. The van der Waals surface area contributed by atoms with Gasteiger partial charge in [0.1, 0.15) is 12.6 Å². The molecule has 48 heavy (non-hydrogen) atoms. The van der Waals surface area contributed by atoms with E-state index in [4.69, 9.17) is 9.47 Å². The van der Waals surface area contributed by atoms with Gasteiger partial charge in [-0.1, -0.05) is 56.5 Å². The van der Waals surface area contributed by atoms with Crippen LogP contribution in [0, 0.1) is 0 Å². The zero-order valence-electron chi connectivity index (χ0n) is 28.6. The summed E-state index contributed by atoms with van der Waals surface area (Å²) in [5, 5.41) is 9.46. The number of urea groups is 1. The SMILES string of the molecule is CC(P)CC(CCC(Cc1ccccc1)NC(=O)OCc1cncs1)NC(=O)C(CCN1CCOCC1)NC(=O)N(C)C1CCCCC1. The maximum Gasteiger partial charge on any atom is 0.407 e. The van der Waals surface area contributed by atoms with E-state index >= 15 is 0 Å². The molecule has 1 saturated carbocycles. The van der Waals surface area contributed by atoms with Gasteiger partial charge in [-0.25, -0.2) is 9.59 Å². The average molecular weight is 703 g/mol. The number of thiazole rings is 1. The second-order valence-electron chi connectivity index (χ2n) is 13.2. The number of hydrogen-bond acceptors (Lipinski definition) is 8. The Kier molecular flexibility index (Phi) is 16.4. The summed E-state index contributed by atoms with van der Waals surface area (Å²) in [6.45, 7) is 5.98. The number of aromatic nitrogens is 1. The Bertz CT molecular complexity index is 1230. The van der Waals surface area contributed by atoms with Gasteiger partial charge in [-0.05, 0) is 56.2 Å². The summed E-state index contributed by atoms with van der Waals surface area (Å²) < 4.78 is 11.0. The van der Waals surface area contributed by atoms with E-state index in [9.17, 15) is 14.4 Å². The number of benzene rings is 1. The van der Waals surface area contributed by atoms with Gasteiger partial charge in [0.2, 0.25) is 5.91 Å². The molecule has 0 spiro atoms. The molecule has 2 fully saturated rings. The summed E-state index contributed by atoms with van der Waals surface area (Å²) in [4.78, 5) is 49.2. The van der Waals surface area contributed by atoms with E-state index in [0.717, 1.165) is 55.6 Å². The zero-order chi connectivity index (χ0) is 34.1. The predicted octanol–water partition coefficient (Wildman–Crippen LogP) is 4.96. The molecule has 2 heterocycles. The number of morpholine rings is 1. The Hall–Kier alpha value is -2.79. The van der Waals surface area contributed by atoms with Crippen LogP contribution >= 0.6 is 20.6 Å². The molecule has 2 aromatic rings. The smallest absolute Gasteiger partial charge is 0.407 e. The molecule has 0 radical (unpaired) electrons. The van der Waals surface area contributed by atoms with Crippen LogP contribution in [0.3, 0.4) is 0 Å². The number of nitrogens with one attached hydrogen (secondary N) is 3. The minimum atomic E-state index is -0.659. The quantitative estimate of drug-likeness (QED) is 0.199. The minimum absolute atomic E-state index is 0.142. The van der Waals surface area contributed by atoms with Crippen molar-refractivity contribution in [2.75, 3.05) is 39.9 Å². The molecular formula is C35H55N6O5PS. The van der Waals surface area contributed by atoms with Gasteiger partial charge in [0.25, 0.3) is 0 Å². The summed E-state index contributed by atoms with van der Waals surface area (Å²) in [7, 11) is 4.68. The highest BCUT2D eigenvalue weighted by atomic mass is 32.1. The Morgan fingerprint density at radius 2 is 1.77 bits per heavy atom. The fraction of sp³-hybridized carbons (Fsp3) is 0.657. The first-order chi connectivity index (χ1) is 23.3. The minimum Gasteiger partial charge on any atom is -0.444 e. The number of ether oxygens (including phenoxy) is 2. The van der Waals surface area contributed by atoms with Gasteiger partial charge >= 0.3 is 12.1 Å². The Morgan fingerprint density at radius 3 is 2.46 bits per heavy atom. The zero-order valence-corrected chi connectivity index (χ0v) is 30.6. The van der Waals surface area contributed by atoms with Crippen LogP contribution in [0.2, 0.25) is 0 Å². The first kappa shape index (κ1) is 38.0. The van der Waals surface area contributed by atoms with Crippen LogP contribution in [0.15, 0.2) is 42.0 Å². The van der Waals surface area contributed by atoms with E-state index in [1.807, 2.05) is 37.4 Å². The van der Waals surface area contributed by atoms with Crippen molar-refractivity contribution in [3.05, 3.63) is 52.5 Å². The Morgan fingerprint density at radius 1 is 1.04 bits per heavy atom. The van der Waals surface area contributed by atoms with E-state index in [1.54, 1.807) is 16.6 Å². The van der Waals surface area contributed by atoms with Crippen molar-refractivity contribution < 1.29 is 23.9 Å². The lowest BCUT2D eigenvalue weighted by Gasteiger charge is -2.33. The van der Waals surface area contributed by atoms with E-state index in [1.165, 1.54) is 17.8 Å². The molecule has 1 saturated heterocycles. The van der Waals surface area contributed by atoms with Crippen LogP contribution < -0.4 is 16.0 Å². The van der Waals surface area contributed by atoms with Crippen LogP contribution in [0.4, 0.5) is 9.59 Å². The van der Waals surface area contributed by atoms with Crippen molar-refractivity contribution in [1.82, 2.24) is 30.7 Å². The van der Waals surface area contributed by atoms with E-state index in [-0.39, 0.29) is 42.3 Å². The molecule has 11 nitrogen and oxygen atoms in total. The van der Waals surface area contributed by atoms with Gasteiger partial charge in [0.15, 0.2) is 0 Å². The summed E-state index contributed by atoms with van der Waals surface area (Å²) in [6.07, 6.45) is 9.88. The van der Waals surface area contributed by atoms with Gasteiger partial charge in [-0.3, -0.25) is 14.7 Å². The Balaban J connectivity index is 1.40. The third-order valence-corrected chi connectivity index (χ3v) is 10.3. The predicted molar refractivity (Wildman–Crippen MR) is 193 cm³/mol. The molecule has 5 unspecified atom stereocenters. The molecule has 1 aliphatic carbocycles. The molecule has 266 valence electrons. The number of rotatable bonds is 17. The van der Waals surface area contributed by atoms with Crippen molar-refractivity contribution >= 4 is 38.6 Å². The maximum absolute atomic E-state index is 14.0.